The maximum absolute atomic E-state index is 11.2. The summed E-state index contributed by atoms with van der Waals surface area (Å²) in [7, 11) is 1.46. The van der Waals surface area contributed by atoms with Crippen molar-refractivity contribution in [3.8, 4) is 11.1 Å². The van der Waals surface area contributed by atoms with E-state index >= 15 is 0 Å². The van der Waals surface area contributed by atoms with Crippen LogP contribution >= 0.6 is 11.8 Å². The molecule has 1 N–H and O–H groups in total. The van der Waals surface area contributed by atoms with Crippen molar-refractivity contribution in [2.45, 2.75) is 5.92 Å². The van der Waals surface area contributed by atoms with E-state index in [4.69, 9.17) is 14.6 Å². The van der Waals surface area contributed by atoms with E-state index in [0.717, 1.165) is 5.75 Å². The molecule has 124 valence electrons. The van der Waals surface area contributed by atoms with Gasteiger partial charge in [0, 0.05) is 24.2 Å². The van der Waals surface area contributed by atoms with Crippen molar-refractivity contribution < 1.29 is 19.4 Å². The zero-order chi connectivity index (χ0) is 16.9. The predicted molar refractivity (Wildman–Crippen MR) is 94.9 cm³/mol. The van der Waals surface area contributed by atoms with Gasteiger partial charge in [0.15, 0.2) is 6.79 Å². The Kier molecular flexibility index (Phi) is 5.23. The highest BCUT2D eigenvalue weighted by molar-refractivity contribution is 8.02. The molecule has 0 atom stereocenters. The summed E-state index contributed by atoms with van der Waals surface area (Å²) in [6, 6.07) is 16.7. The highest BCUT2D eigenvalue weighted by atomic mass is 32.2. The number of rotatable bonds is 7. The van der Waals surface area contributed by atoms with E-state index in [9.17, 15) is 4.79 Å². The normalized spacial score (nSPS) is 13.5. The van der Waals surface area contributed by atoms with E-state index in [0.29, 0.717) is 0 Å². The van der Waals surface area contributed by atoms with Gasteiger partial charge in [0.25, 0.3) is 0 Å². The number of carboxylic acid groups (broad SMARTS) is 1. The third-order valence-corrected chi connectivity index (χ3v) is 4.87. The molecule has 0 amide bonds. The van der Waals surface area contributed by atoms with E-state index in [1.165, 1.54) is 41.1 Å². The Morgan fingerprint density at radius 2 is 1.71 bits per heavy atom. The molecule has 5 heteroatoms. The minimum atomic E-state index is -1.09. The molecule has 24 heavy (non-hydrogen) atoms. The maximum Gasteiger partial charge on any atom is 0.371 e. The van der Waals surface area contributed by atoms with Gasteiger partial charge in [-0.3, -0.25) is 0 Å². The van der Waals surface area contributed by atoms with Gasteiger partial charge < -0.3 is 14.6 Å². The van der Waals surface area contributed by atoms with E-state index in [-0.39, 0.29) is 18.5 Å². The molecule has 0 aromatic heterocycles. The van der Waals surface area contributed by atoms with Crippen LogP contribution in [-0.4, -0.2) is 30.7 Å². The predicted octanol–water partition coefficient (Wildman–Crippen LogP) is 4.08. The lowest BCUT2D eigenvalue weighted by Gasteiger charge is -2.12. The van der Waals surface area contributed by atoms with Crippen molar-refractivity contribution in [1.82, 2.24) is 0 Å². The van der Waals surface area contributed by atoms with E-state index in [1.807, 2.05) is 24.3 Å². The molecule has 0 heterocycles. The average molecular weight is 342 g/mol. The minimum absolute atomic E-state index is 0.0756. The molecule has 1 aliphatic carbocycles. The summed E-state index contributed by atoms with van der Waals surface area (Å²) in [5.41, 5.74) is 5.09. The second kappa shape index (κ2) is 7.55. The highest BCUT2D eigenvalue weighted by Crippen LogP contribution is 2.45. The molecule has 0 fully saturated rings. The van der Waals surface area contributed by atoms with Gasteiger partial charge in [-0.25, -0.2) is 4.79 Å². The lowest BCUT2D eigenvalue weighted by Crippen LogP contribution is -2.07. The fraction of sp³-hybridized carbons (Fsp3) is 0.211. The number of benzene rings is 2. The van der Waals surface area contributed by atoms with Gasteiger partial charge in [-0.15, -0.1) is 11.8 Å². The first-order valence-corrected chi connectivity index (χ1v) is 8.62. The summed E-state index contributed by atoms with van der Waals surface area (Å²) >= 11 is 1.44. The second-order valence-corrected chi connectivity index (χ2v) is 6.30. The Morgan fingerprint density at radius 3 is 2.25 bits per heavy atom. The third kappa shape index (κ3) is 3.32. The lowest BCUT2D eigenvalue weighted by molar-refractivity contribution is -0.138. The van der Waals surface area contributed by atoms with Crippen LogP contribution in [0.1, 0.15) is 17.0 Å². The molecule has 0 bridgehead atoms. The number of hydrogen-bond acceptors (Lipinski definition) is 4. The van der Waals surface area contributed by atoms with Crippen LogP contribution < -0.4 is 0 Å². The number of fused-ring (bicyclic) bond motifs is 3. The number of carboxylic acids is 1. The number of hydrogen-bond donors (Lipinski definition) is 1. The van der Waals surface area contributed by atoms with Gasteiger partial charge in [-0.05, 0) is 22.3 Å². The molecule has 2 aromatic carbocycles. The first-order valence-electron chi connectivity index (χ1n) is 7.57. The van der Waals surface area contributed by atoms with Crippen LogP contribution in [0.15, 0.2) is 59.7 Å². The zero-order valence-corrected chi connectivity index (χ0v) is 14.1. The van der Waals surface area contributed by atoms with Crippen molar-refractivity contribution in [2.24, 2.45) is 0 Å². The fourth-order valence-electron chi connectivity index (χ4n) is 2.93. The first kappa shape index (κ1) is 16.6. The molecule has 3 rings (SSSR count). The van der Waals surface area contributed by atoms with Crippen molar-refractivity contribution >= 4 is 17.7 Å². The second-order valence-electron chi connectivity index (χ2n) is 5.40. The summed E-state index contributed by atoms with van der Waals surface area (Å²) < 4.78 is 9.83. The summed E-state index contributed by atoms with van der Waals surface area (Å²) in [4.78, 5) is 11.2. The first-order chi connectivity index (χ1) is 11.7. The molecule has 1 aliphatic rings. The third-order valence-electron chi connectivity index (χ3n) is 3.96. The lowest BCUT2D eigenvalue weighted by atomic mass is 9.99. The highest BCUT2D eigenvalue weighted by Gasteiger charge is 2.27. The summed E-state index contributed by atoms with van der Waals surface area (Å²) in [6.45, 7) is -0.0756. The molecule has 0 aliphatic heterocycles. The van der Waals surface area contributed by atoms with Crippen LogP contribution in [-0.2, 0) is 14.3 Å². The molecular weight excluding hydrogens is 324 g/mol. The SMILES string of the molecule is COCO/C(=C\SCC1c2ccccc2-c2ccccc21)C(=O)O. The van der Waals surface area contributed by atoms with Gasteiger partial charge in [0.2, 0.25) is 5.76 Å². The van der Waals surface area contributed by atoms with Gasteiger partial charge in [0.05, 0.1) is 0 Å². The number of aliphatic carboxylic acids is 1. The minimum Gasteiger partial charge on any atom is -0.475 e. The number of methoxy groups -OCH3 is 1. The van der Waals surface area contributed by atoms with Crippen LogP contribution in [0.4, 0.5) is 0 Å². The molecule has 0 unspecified atom stereocenters. The van der Waals surface area contributed by atoms with Crippen molar-refractivity contribution in [1.29, 1.82) is 0 Å². The van der Waals surface area contributed by atoms with Crippen LogP contribution in [0.2, 0.25) is 0 Å². The van der Waals surface area contributed by atoms with E-state index in [1.54, 1.807) is 5.41 Å². The number of carbonyl (C=O) groups is 1. The standard InChI is InChI=1S/C19H18O4S/c1-22-12-23-18(19(20)21)11-24-10-17-15-8-4-2-6-13(15)14-7-3-5-9-16(14)17/h2-9,11,17H,10,12H2,1H3,(H,20,21)/b18-11-. The van der Waals surface area contributed by atoms with Gasteiger partial charge >= 0.3 is 5.97 Å². The molecule has 4 nitrogen and oxygen atoms in total. The Bertz CT molecular complexity index is 724. The Labute approximate surface area is 145 Å². The van der Waals surface area contributed by atoms with Crippen molar-refractivity contribution in [2.75, 3.05) is 19.7 Å². The Hall–Kier alpha value is -2.24. The quantitative estimate of drug-likeness (QED) is 0.467. The average Bonchev–Trinajstić information content (AvgIpc) is 2.92. The monoisotopic (exact) mass is 342 g/mol. The van der Waals surface area contributed by atoms with Crippen LogP contribution in [0.5, 0.6) is 0 Å². The van der Waals surface area contributed by atoms with Crippen LogP contribution in [0.3, 0.4) is 0 Å². The van der Waals surface area contributed by atoms with Gasteiger partial charge in [-0.1, -0.05) is 48.5 Å². The molecular formula is C19H18O4S. The maximum atomic E-state index is 11.2. The molecule has 0 saturated heterocycles. The zero-order valence-electron chi connectivity index (χ0n) is 13.3. The molecule has 0 saturated carbocycles. The van der Waals surface area contributed by atoms with E-state index in [2.05, 4.69) is 24.3 Å². The van der Waals surface area contributed by atoms with Gasteiger partial charge in [0.1, 0.15) is 0 Å². The van der Waals surface area contributed by atoms with Gasteiger partial charge in [-0.2, -0.15) is 0 Å². The Balaban J connectivity index is 1.79. The van der Waals surface area contributed by atoms with Crippen molar-refractivity contribution in [3.05, 3.63) is 70.8 Å². The van der Waals surface area contributed by atoms with Crippen LogP contribution in [0.25, 0.3) is 11.1 Å². The summed E-state index contributed by atoms with van der Waals surface area (Å²) in [5, 5.41) is 10.7. The smallest absolute Gasteiger partial charge is 0.371 e. The number of thioether (sulfide) groups is 1. The summed E-state index contributed by atoms with van der Waals surface area (Å²) in [5.74, 6) is -0.189. The largest absolute Gasteiger partial charge is 0.475 e. The topological polar surface area (TPSA) is 55.8 Å². The molecule has 0 radical (unpaired) electrons. The Morgan fingerprint density at radius 1 is 1.12 bits per heavy atom. The fourth-order valence-corrected chi connectivity index (χ4v) is 3.90. The molecule has 0 spiro atoms. The van der Waals surface area contributed by atoms with Crippen LogP contribution in [0, 0.1) is 0 Å². The van der Waals surface area contributed by atoms with Crippen molar-refractivity contribution in [3.63, 3.8) is 0 Å². The summed E-state index contributed by atoms with van der Waals surface area (Å²) in [6.07, 6.45) is 0. The number of ether oxygens (including phenoxy) is 2. The van der Waals surface area contributed by atoms with E-state index < -0.39 is 5.97 Å². The molecule has 2 aromatic rings.